The molecule has 2 aromatic rings. The molecule has 0 aromatic heterocycles. The van der Waals surface area contributed by atoms with E-state index in [1.54, 1.807) is 0 Å². The molecule has 28 heavy (non-hydrogen) atoms. The Hall–Kier alpha value is -2.65. The average Bonchev–Trinajstić information content (AvgIpc) is 2.61. The number of hydrogen-bond donors (Lipinski definition) is 3. The van der Waals surface area contributed by atoms with Crippen LogP contribution < -0.4 is 10.6 Å². The summed E-state index contributed by atoms with van der Waals surface area (Å²) in [7, 11) is 0. The number of hydrogen-bond acceptors (Lipinski definition) is 3. The fraction of sp³-hybridized carbons (Fsp3) is 0.222. The Labute approximate surface area is 161 Å². The molecule has 0 spiro atoms. The van der Waals surface area contributed by atoms with E-state index in [4.69, 9.17) is 11.6 Å². The molecule has 1 saturated heterocycles. The number of nitrogens with one attached hydrogen (secondary N) is 2. The predicted octanol–water partition coefficient (Wildman–Crippen LogP) is 3.58. The van der Waals surface area contributed by atoms with Gasteiger partial charge in [-0.3, -0.25) is 4.79 Å². The van der Waals surface area contributed by atoms with E-state index >= 15 is 0 Å². The van der Waals surface area contributed by atoms with Gasteiger partial charge in [-0.1, -0.05) is 23.7 Å². The zero-order chi connectivity index (χ0) is 20.7. The molecule has 0 aliphatic carbocycles. The maximum Gasteiger partial charge on any atom is 0.437 e. The van der Waals surface area contributed by atoms with Crippen molar-refractivity contribution in [2.45, 2.75) is 17.9 Å². The van der Waals surface area contributed by atoms with E-state index in [1.165, 1.54) is 29.6 Å². The third-order valence-electron chi connectivity index (χ3n) is 4.45. The van der Waals surface area contributed by atoms with Gasteiger partial charge in [0.1, 0.15) is 11.7 Å². The fourth-order valence-electron chi connectivity index (χ4n) is 3.08. The predicted molar refractivity (Wildman–Crippen MR) is 91.1 cm³/mol. The molecular weight excluding hydrogens is 404 g/mol. The van der Waals surface area contributed by atoms with Gasteiger partial charge in [-0.2, -0.15) is 13.2 Å². The number of halogens is 5. The number of carbonyl (C=O) groups excluding carboxylic acids is 2. The van der Waals surface area contributed by atoms with Gasteiger partial charge in [-0.25, -0.2) is 9.18 Å². The first-order valence-electron chi connectivity index (χ1n) is 7.96. The molecule has 1 heterocycles. The van der Waals surface area contributed by atoms with Crippen LogP contribution in [0.1, 0.15) is 22.0 Å². The second-order valence-electron chi connectivity index (χ2n) is 6.24. The summed E-state index contributed by atoms with van der Waals surface area (Å²) in [6.07, 6.45) is -5.37. The van der Waals surface area contributed by atoms with Gasteiger partial charge in [0.05, 0.1) is 6.04 Å². The molecular formula is C18H13ClF4N2O3. The van der Waals surface area contributed by atoms with Crippen molar-refractivity contribution in [3.8, 4) is 0 Å². The van der Waals surface area contributed by atoms with E-state index in [0.717, 1.165) is 24.3 Å². The number of aliphatic hydroxyl groups is 1. The Morgan fingerprint density at radius 3 is 2.18 bits per heavy atom. The van der Waals surface area contributed by atoms with Crippen molar-refractivity contribution in [3.05, 3.63) is 70.5 Å². The van der Waals surface area contributed by atoms with Crippen molar-refractivity contribution in [3.63, 3.8) is 0 Å². The average molecular weight is 417 g/mol. The van der Waals surface area contributed by atoms with Crippen LogP contribution in [-0.2, 0) is 0 Å². The van der Waals surface area contributed by atoms with Gasteiger partial charge in [0.15, 0.2) is 5.78 Å². The highest BCUT2D eigenvalue weighted by molar-refractivity contribution is 6.30. The molecule has 1 fully saturated rings. The fourth-order valence-corrected chi connectivity index (χ4v) is 3.21. The van der Waals surface area contributed by atoms with Crippen LogP contribution in [-0.4, -0.2) is 28.8 Å². The Kier molecular flexibility index (Phi) is 5.07. The number of amides is 2. The van der Waals surface area contributed by atoms with E-state index in [-0.39, 0.29) is 16.1 Å². The molecule has 3 atom stereocenters. The number of carbonyl (C=O) groups is 2. The SMILES string of the molecule is O=C1N[C@@H](c2ccc(F)cc2)[C@@H](C(=O)c2ccc(Cl)cc2)[C@@](O)(C(F)(F)F)N1. The van der Waals surface area contributed by atoms with Gasteiger partial charge >= 0.3 is 12.2 Å². The third kappa shape index (κ3) is 3.55. The zero-order valence-electron chi connectivity index (χ0n) is 13.9. The van der Waals surface area contributed by atoms with Crippen LogP contribution >= 0.6 is 11.6 Å². The first-order chi connectivity index (χ1) is 13.0. The van der Waals surface area contributed by atoms with E-state index in [2.05, 4.69) is 5.32 Å². The molecule has 0 bridgehead atoms. The van der Waals surface area contributed by atoms with Crippen LogP contribution in [0.3, 0.4) is 0 Å². The molecule has 148 valence electrons. The Bertz CT molecular complexity index is 903. The topological polar surface area (TPSA) is 78.4 Å². The Morgan fingerprint density at radius 1 is 1.07 bits per heavy atom. The Morgan fingerprint density at radius 2 is 1.64 bits per heavy atom. The van der Waals surface area contributed by atoms with Crippen molar-refractivity contribution in [1.82, 2.24) is 10.6 Å². The molecule has 0 saturated carbocycles. The quantitative estimate of drug-likeness (QED) is 0.528. The molecule has 3 N–H and O–H groups in total. The van der Waals surface area contributed by atoms with E-state index in [1.807, 2.05) is 0 Å². The van der Waals surface area contributed by atoms with Crippen molar-refractivity contribution in [1.29, 1.82) is 0 Å². The zero-order valence-corrected chi connectivity index (χ0v) is 14.7. The lowest BCUT2D eigenvalue weighted by Gasteiger charge is -2.45. The van der Waals surface area contributed by atoms with Crippen LogP contribution in [0, 0.1) is 11.7 Å². The van der Waals surface area contributed by atoms with Gasteiger partial charge in [0.2, 0.25) is 5.72 Å². The molecule has 10 heteroatoms. The smallest absolute Gasteiger partial charge is 0.363 e. The molecule has 0 radical (unpaired) electrons. The van der Waals surface area contributed by atoms with Crippen LogP contribution in [0.15, 0.2) is 48.5 Å². The summed E-state index contributed by atoms with van der Waals surface area (Å²) in [6, 6.07) is 6.35. The summed E-state index contributed by atoms with van der Waals surface area (Å²) < 4.78 is 54.4. The number of benzene rings is 2. The van der Waals surface area contributed by atoms with Gasteiger partial charge in [-0.15, -0.1) is 0 Å². The van der Waals surface area contributed by atoms with E-state index < -0.39 is 41.5 Å². The number of urea groups is 1. The van der Waals surface area contributed by atoms with E-state index in [0.29, 0.717) is 0 Å². The van der Waals surface area contributed by atoms with Gasteiger partial charge in [0.25, 0.3) is 0 Å². The number of ketones is 1. The third-order valence-corrected chi connectivity index (χ3v) is 4.70. The molecule has 3 rings (SSSR count). The second kappa shape index (κ2) is 7.06. The normalized spacial score (nSPS) is 25.0. The summed E-state index contributed by atoms with van der Waals surface area (Å²) >= 11 is 5.74. The van der Waals surface area contributed by atoms with Crippen molar-refractivity contribution >= 4 is 23.4 Å². The van der Waals surface area contributed by atoms with Gasteiger partial charge in [0, 0.05) is 10.6 Å². The molecule has 0 unspecified atom stereocenters. The lowest BCUT2D eigenvalue weighted by atomic mass is 9.77. The monoisotopic (exact) mass is 416 g/mol. The Balaban J connectivity index is 2.15. The van der Waals surface area contributed by atoms with Crippen LogP contribution in [0.2, 0.25) is 5.02 Å². The largest absolute Gasteiger partial charge is 0.437 e. The molecule has 1 aliphatic rings. The molecule has 1 aliphatic heterocycles. The number of rotatable bonds is 3. The standard InChI is InChI=1S/C18H13ClF4N2O3/c19-11-5-1-10(2-6-11)15(26)13-14(9-3-7-12(20)8-4-9)24-16(27)25-17(13,28)18(21,22)23/h1-8,13-14,28H,(H2,24,25,27)/t13-,14-,17+/m0/s1. The minimum atomic E-state index is -5.37. The van der Waals surface area contributed by atoms with Crippen LogP contribution in [0.4, 0.5) is 22.4 Å². The lowest BCUT2D eigenvalue weighted by Crippen LogP contribution is -2.72. The maximum absolute atomic E-state index is 13.7. The second-order valence-corrected chi connectivity index (χ2v) is 6.68. The minimum Gasteiger partial charge on any atom is -0.363 e. The highest BCUT2D eigenvalue weighted by Crippen LogP contribution is 2.44. The highest BCUT2D eigenvalue weighted by Gasteiger charge is 2.66. The summed E-state index contributed by atoms with van der Waals surface area (Å²) in [6.45, 7) is 0. The number of Topliss-reactive ketones (excluding diaryl/α,β-unsaturated/α-hetero) is 1. The minimum absolute atomic E-state index is 0.0197. The summed E-state index contributed by atoms with van der Waals surface area (Å²) in [5, 5.41) is 14.3. The molecule has 5 nitrogen and oxygen atoms in total. The molecule has 2 aromatic carbocycles. The highest BCUT2D eigenvalue weighted by atomic mass is 35.5. The van der Waals surface area contributed by atoms with Crippen LogP contribution in [0.5, 0.6) is 0 Å². The van der Waals surface area contributed by atoms with Gasteiger partial charge < -0.3 is 15.7 Å². The first kappa shape index (κ1) is 20.1. The van der Waals surface area contributed by atoms with Crippen molar-refractivity contribution < 1.29 is 32.3 Å². The van der Waals surface area contributed by atoms with E-state index in [9.17, 15) is 32.3 Å². The summed E-state index contributed by atoms with van der Waals surface area (Å²) in [5.74, 6) is -3.93. The maximum atomic E-state index is 13.7. The first-order valence-corrected chi connectivity index (χ1v) is 8.34. The van der Waals surface area contributed by atoms with Crippen LogP contribution in [0.25, 0.3) is 0 Å². The van der Waals surface area contributed by atoms with Crippen molar-refractivity contribution in [2.75, 3.05) is 0 Å². The number of alkyl halides is 3. The van der Waals surface area contributed by atoms with Crippen molar-refractivity contribution in [2.24, 2.45) is 5.92 Å². The van der Waals surface area contributed by atoms with Gasteiger partial charge in [-0.05, 0) is 42.0 Å². The summed E-state index contributed by atoms with van der Waals surface area (Å²) in [5.41, 5.74) is -3.97. The lowest BCUT2D eigenvalue weighted by molar-refractivity contribution is -0.287. The summed E-state index contributed by atoms with van der Waals surface area (Å²) in [4.78, 5) is 24.8. The molecule has 2 amide bonds.